The molecule has 1 amide bonds. The molecule has 1 aromatic heterocycles. The molecular formula is C15H17N3O. The number of benzene rings is 1. The van der Waals surface area contributed by atoms with E-state index in [9.17, 15) is 4.79 Å². The maximum absolute atomic E-state index is 11.8. The Morgan fingerprint density at radius 3 is 2.58 bits per heavy atom. The monoisotopic (exact) mass is 255 g/mol. The molecule has 0 aliphatic rings. The van der Waals surface area contributed by atoms with Crippen LogP contribution in [0.1, 0.15) is 23.0 Å². The van der Waals surface area contributed by atoms with Crippen LogP contribution in [-0.4, -0.2) is 16.9 Å². The number of amides is 1. The normalized spacial score (nSPS) is 11.8. The first-order valence-electron chi connectivity index (χ1n) is 6.26. The number of carbonyl (C=O) groups is 1. The first-order valence-corrected chi connectivity index (χ1v) is 6.26. The summed E-state index contributed by atoms with van der Waals surface area (Å²) in [6, 6.07) is 15.5. The van der Waals surface area contributed by atoms with Crippen LogP contribution in [0.4, 0.5) is 0 Å². The van der Waals surface area contributed by atoms with Crippen molar-refractivity contribution in [3.05, 3.63) is 66.0 Å². The second kappa shape index (κ2) is 6.66. The van der Waals surface area contributed by atoms with E-state index < -0.39 is 0 Å². The van der Waals surface area contributed by atoms with E-state index in [1.54, 1.807) is 24.4 Å². The summed E-state index contributed by atoms with van der Waals surface area (Å²) in [5.74, 6) is -0.222. The predicted molar refractivity (Wildman–Crippen MR) is 74.4 cm³/mol. The van der Waals surface area contributed by atoms with Crippen LogP contribution in [0.25, 0.3) is 0 Å². The lowest BCUT2D eigenvalue weighted by atomic mass is 10.1. The van der Waals surface area contributed by atoms with Crippen LogP contribution in [0.3, 0.4) is 0 Å². The first-order chi connectivity index (χ1) is 9.25. The minimum Gasteiger partial charge on any atom is -0.286 e. The Morgan fingerprint density at radius 1 is 1.16 bits per heavy atom. The molecule has 0 radical (unpaired) electrons. The zero-order chi connectivity index (χ0) is 13.5. The number of rotatable bonds is 5. The van der Waals surface area contributed by atoms with E-state index in [4.69, 9.17) is 0 Å². The summed E-state index contributed by atoms with van der Waals surface area (Å²) in [4.78, 5) is 15.8. The largest absolute Gasteiger partial charge is 0.286 e. The molecule has 1 aromatic carbocycles. The minimum absolute atomic E-state index is 0.148. The van der Waals surface area contributed by atoms with Crippen LogP contribution in [0.2, 0.25) is 0 Å². The third kappa shape index (κ3) is 4.19. The van der Waals surface area contributed by atoms with Crippen molar-refractivity contribution in [1.82, 2.24) is 15.8 Å². The molecule has 0 fully saturated rings. The zero-order valence-corrected chi connectivity index (χ0v) is 10.8. The molecule has 2 aromatic rings. The molecule has 0 saturated carbocycles. The van der Waals surface area contributed by atoms with Crippen molar-refractivity contribution >= 4 is 5.91 Å². The summed E-state index contributed by atoms with van der Waals surface area (Å²) < 4.78 is 0. The molecule has 0 aliphatic carbocycles. The maximum Gasteiger partial charge on any atom is 0.283 e. The highest BCUT2D eigenvalue weighted by molar-refractivity contribution is 5.91. The minimum atomic E-state index is -0.222. The van der Waals surface area contributed by atoms with Crippen molar-refractivity contribution in [3.63, 3.8) is 0 Å². The van der Waals surface area contributed by atoms with Gasteiger partial charge in [-0.1, -0.05) is 36.4 Å². The third-order valence-electron chi connectivity index (χ3n) is 2.71. The van der Waals surface area contributed by atoms with Gasteiger partial charge in [-0.25, -0.2) is 5.43 Å². The highest BCUT2D eigenvalue weighted by Crippen LogP contribution is 2.02. The van der Waals surface area contributed by atoms with E-state index in [0.717, 1.165) is 6.42 Å². The highest BCUT2D eigenvalue weighted by atomic mass is 16.2. The van der Waals surface area contributed by atoms with Gasteiger partial charge in [-0.3, -0.25) is 15.2 Å². The zero-order valence-electron chi connectivity index (χ0n) is 10.8. The van der Waals surface area contributed by atoms with Crippen LogP contribution in [-0.2, 0) is 6.42 Å². The van der Waals surface area contributed by atoms with E-state index in [-0.39, 0.29) is 11.9 Å². The van der Waals surface area contributed by atoms with Crippen molar-refractivity contribution < 1.29 is 4.79 Å². The topological polar surface area (TPSA) is 54.0 Å². The lowest BCUT2D eigenvalue weighted by molar-refractivity contribution is 0.0921. The van der Waals surface area contributed by atoms with E-state index in [2.05, 4.69) is 28.0 Å². The molecule has 0 unspecified atom stereocenters. The van der Waals surface area contributed by atoms with Gasteiger partial charge in [0.1, 0.15) is 5.69 Å². The van der Waals surface area contributed by atoms with Crippen molar-refractivity contribution in [3.8, 4) is 0 Å². The van der Waals surface area contributed by atoms with Crippen molar-refractivity contribution in [2.45, 2.75) is 19.4 Å². The highest BCUT2D eigenvalue weighted by Gasteiger charge is 2.08. The fourth-order valence-corrected chi connectivity index (χ4v) is 1.77. The fourth-order valence-electron chi connectivity index (χ4n) is 1.77. The van der Waals surface area contributed by atoms with Crippen molar-refractivity contribution in [2.24, 2.45) is 0 Å². The van der Waals surface area contributed by atoms with Gasteiger partial charge in [-0.2, -0.15) is 0 Å². The summed E-state index contributed by atoms with van der Waals surface area (Å²) in [7, 11) is 0. The van der Waals surface area contributed by atoms with Gasteiger partial charge in [0.2, 0.25) is 0 Å². The van der Waals surface area contributed by atoms with Gasteiger partial charge in [0.25, 0.3) is 5.91 Å². The maximum atomic E-state index is 11.8. The summed E-state index contributed by atoms with van der Waals surface area (Å²) in [5.41, 5.74) is 7.29. The van der Waals surface area contributed by atoms with Crippen LogP contribution in [0.15, 0.2) is 54.7 Å². The molecular weight excluding hydrogens is 238 g/mol. The van der Waals surface area contributed by atoms with E-state index in [1.165, 1.54) is 5.56 Å². The SMILES string of the molecule is C[C@@H](Cc1ccccc1)NNC(=O)c1ccccn1. The Hall–Kier alpha value is -2.20. The van der Waals surface area contributed by atoms with E-state index >= 15 is 0 Å². The number of carbonyl (C=O) groups excluding carboxylic acids is 1. The Bertz CT molecular complexity index is 513. The van der Waals surface area contributed by atoms with Gasteiger partial charge in [0.05, 0.1) is 0 Å². The van der Waals surface area contributed by atoms with Gasteiger partial charge in [0.15, 0.2) is 0 Å². The Morgan fingerprint density at radius 2 is 1.89 bits per heavy atom. The lowest BCUT2D eigenvalue weighted by Crippen LogP contribution is -2.44. The Kier molecular flexibility index (Phi) is 4.64. The molecule has 2 N–H and O–H groups in total. The number of aromatic nitrogens is 1. The number of hydrogen-bond donors (Lipinski definition) is 2. The molecule has 0 spiro atoms. The standard InChI is InChI=1S/C15H17N3O/c1-12(11-13-7-3-2-4-8-13)17-18-15(19)14-9-5-6-10-16-14/h2-10,12,17H,11H2,1H3,(H,18,19)/t12-/m0/s1. The predicted octanol–water partition coefficient (Wildman–Crippen LogP) is 1.95. The quantitative estimate of drug-likeness (QED) is 0.803. The van der Waals surface area contributed by atoms with Gasteiger partial charge < -0.3 is 0 Å². The average molecular weight is 255 g/mol. The second-order valence-electron chi connectivity index (χ2n) is 4.40. The molecule has 1 atom stereocenters. The lowest BCUT2D eigenvalue weighted by Gasteiger charge is -2.14. The van der Waals surface area contributed by atoms with Crippen molar-refractivity contribution in [1.29, 1.82) is 0 Å². The van der Waals surface area contributed by atoms with Gasteiger partial charge >= 0.3 is 0 Å². The summed E-state index contributed by atoms with van der Waals surface area (Å²) in [6.45, 7) is 2.02. The second-order valence-corrected chi connectivity index (χ2v) is 4.40. The molecule has 0 bridgehead atoms. The van der Waals surface area contributed by atoms with Gasteiger partial charge in [-0.05, 0) is 31.0 Å². The Balaban J connectivity index is 1.81. The van der Waals surface area contributed by atoms with E-state index in [0.29, 0.717) is 5.69 Å². The number of pyridine rings is 1. The molecule has 0 aliphatic heterocycles. The third-order valence-corrected chi connectivity index (χ3v) is 2.71. The van der Waals surface area contributed by atoms with Gasteiger partial charge in [-0.15, -0.1) is 0 Å². The first kappa shape index (κ1) is 13.2. The van der Waals surface area contributed by atoms with Crippen LogP contribution >= 0.6 is 0 Å². The molecule has 1 heterocycles. The molecule has 98 valence electrons. The molecule has 4 nitrogen and oxygen atoms in total. The summed E-state index contributed by atoms with van der Waals surface area (Å²) in [6.07, 6.45) is 2.45. The van der Waals surface area contributed by atoms with Crippen LogP contribution < -0.4 is 10.9 Å². The average Bonchev–Trinajstić information content (AvgIpc) is 2.47. The fraction of sp³-hybridized carbons (Fsp3) is 0.200. The van der Waals surface area contributed by atoms with Crippen LogP contribution in [0.5, 0.6) is 0 Å². The summed E-state index contributed by atoms with van der Waals surface area (Å²) in [5, 5.41) is 0. The smallest absolute Gasteiger partial charge is 0.283 e. The number of hydrazine groups is 1. The van der Waals surface area contributed by atoms with Gasteiger partial charge in [0, 0.05) is 12.2 Å². The van der Waals surface area contributed by atoms with Crippen molar-refractivity contribution in [2.75, 3.05) is 0 Å². The van der Waals surface area contributed by atoms with E-state index in [1.807, 2.05) is 25.1 Å². The molecule has 2 rings (SSSR count). The molecule has 0 saturated heterocycles. The Labute approximate surface area is 112 Å². The summed E-state index contributed by atoms with van der Waals surface area (Å²) >= 11 is 0. The number of hydrogen-bond acceptors (Lipinski definition) is 3. The number of nitrogens with one attached hydrogen (secondary N) is 2. The molecule has 4 heteroatoms. The van der Waals surface area contributed by atoms with Crippen LogP contribution in [0, 0.1) is 0 Å². The molecule has 19 heavy (non-hydrogen) atoms. The number of nitrogens with zero attached hydrogens (tertiary/aromatic N) is 1.